The van der Waals surface area contributed by atoms with Gasteiger partial charge in [-0.05, 0) is 12.1 Å². The number of para-hydroxylation sites is 1. The van der Waals surface area contributed by atoms with Gasteiger partial charge in [-0.2, -0.15) is 0 Å². The van der Waals surface area contributed by atoms with E-state index in [2.05, 4.69) is 4.98 Å². The van der Waals surface area contributed by atoms with E-state index in [1.165, 1.54) is 7.11 Å². The number of ether oxygens (including phenoxy) is 2. The highest BCUT2D eigenvalue weighted by atomic mass is 16.5. The molecule has 0 spiro atoms. The third kappa shape index (κ3) is 1.47. The Bertz CT molecular complexity index is 868. The van der Waals surface area contributed by atoms with Crippen molar-refractivity contribution in [2.75, 3.05) is 14.2 Å². The van der Waals surface area contributed by atoms with Crippen molar-refractivity contribution in [1.82, 2.24) is 9.55 Å². The Kier molecular flexibility index (Phi) is 2.60. The van der Waals surface area contributed by atoms with E-state index in [0.717, 1.165) is 27.5 Å². The Morgan fingerprint density at radius 1 is 1.05 bits per heavy atom. The molecule has 0 fully saturated rings. The van der Waals surface area contributed by atoms with E-state index >= 15 is 0 Å². The second kappa shape index (κ2) is 4.38. The van der Waals surface area contributed by atoms with Gasteiger partial charge >= 0.3 is 0 Å². The second-order valence-electron chi connectivity index (χ2n) is 5.10. The Morgan fingerprint density at radius 2 is 1.81 bits per heavy atom. The lowest BCUT2D eigenvalue weighted by molar-refractivity contribution is -0.0322. The van der Waals surface area contributed by atoms with Crippen LogP contribution in [0.1, 0.15) is 16.6 Å². The molecule has 0 saturated carbocycles. The lowest BCUT2D eigenvalue weighted by atomic mass is 10.0. The first kappa shape index (κ1) is 12.5. The molecule has 0 amide bonds. The van der Waals surface area contributed by atoms with E-state index in [1.54, 1.807) is 17.9 Å². The molecule has 0 radical (unpaired) electrons. The Hall–Kier alpha value is -2.24. The van der Waals surface area contributed by atoms with Crippen molar-refractivity contribution < 1.29 is 14.3 Å². The quantitative estimate of drug-likeness (QED) is 0.725. The zero-order valence-corrected chi connectivity index (χ0v) is 11.7. The third-order valence-electron chi connectivity index (χ3n) is 4.13. The van der Waals surface area contributed by atoms with E-state index < -0.39 is 12.2 Å². The molecule has 21 heavy (non-hydrogen) atoms. The van der Waals surface area contributed by atoms with E-state index in [0.29, 0.717) is 0 Å². The molecule has 0 N–H and O–H groups in total. The van der Waals surface area contributed by atoms with Crippen LogP contribution in [0.15, 0.2) is 36.5 Å². The highest BCUT2D eigenvalue weighted by Crippen LogP contribution is 2.39. The van der Waals surface area contributed by atoms with Crippen LogP contribution in [0.4, 0.5) is 0 Å². The second-order valence-corrected chi connectivity index (χ2v) is 5.10. The predicted molar refractivity (Wildman–Crippen MR) is 78.4 cm³/mol. The molecule has 2 aromatic heterocycles. The van der Waals surface area contributed by atoms with Gasteiger partial charge in [0.2, 0.25) is 0 Å². The monoisotopic (exact) mass is 282 g/mol. The molecule has 1 aromatic carbocycles. The van der Waals surface area contributed by atoms with Crippen molar-refractivity contribution in [3.8, 4) is 0 Å². The number of carbonyl (C=O) groups is 1. The normalized spacial score (nSPS) is 21.3. The molecular formula is C16H14N2O3. The van der Waals surface area contributed by atoms with Crippen LogP contribution in [-0.4, -0.2) is 35.8 Å². The van der Waals surface area contributed by atoms with Gasteiger partial charge in [0.25, 0.3) is 5.91 Å². The van der Waals surface area contributed by atoms with E-state index in [9.17, 15) is 4.79 Å². The van der Waals surface area contributed by atoms with Gasteiger partial charge in [-0.1, -0.05) is 18.2 Å². The van der Waals surface area contributed by atoms with Crippen molar-refractivity contribution >= 4 is 27.7 Å². The maximum absolute atomic E-state index is 12.8. The van der Waals surface area contributed by atoms with Gasteiger partial charge < -0.3 is 9.47 Å². The van der Waals surface area contributed by atoms with Gasteiger partial charge in [0.1, 0.15) is 6.10 Å². The maximum atomic E-state index is 12.8. The molecule has 2 atom stereocenters. The zero-order valence-electron chi connectivity index (χ0n) is 11.7. The van der Waals surface area contributed by atoms with Gasteiger partial charge in [0.05, 0.1) is 16.7 Å². The summed E-state index contributed by atoms with van der Waals surface area (Å²) in [6.45, 7) is 0. The molecule has 106 valence electrons. The van der Waals surface area contributed by atoms with Crippen molar-refractivity contribution in [2.45, 2.75) is 12.2 Å². The van der Waals surface area contributed by atoms with E-state index in [1.807, 2.05) is 30.3 Å². The Balaban J connectivity index is 2.21. The summed E-state index contributed by atoms with van der Waals surface area (Å²) in [5.74, 6) is -0.115. The predicted octanol–water partition coefficient (Wildman–Crippen LogP) is 2.55. The van der Waals surface area contributed by atoms with Gasteiger partial charge in [0, 0.05) is 31.2 Å². The molecule has 5 heteroatoms. The van der Waals surface area contributed by atoms with Crippen LogP contribution in [0.5, 0.6) is 0 Å². The van der Waals surface area contributed by atoms with Crippen molar-refractivity contribution in [1.29, 1.82) is 0 Å². The maximum Gasteiger partial charge on any atom is 0.263 e. The molecule has 0 bridgehead atoms. The van der Waals surface area contributed by atoms with Crippen LogP contribution in [0.3, 0.4) is 0 Å². The number of aromatic nitrogens is 2. The molecule has 5 nitrogen and oxygen atoms in total. The molecule has 4 rings (SSSR count). The van der Waals surface area contributed by atoms with Gasteiger partial charge in [-0.3, -0.25) is 14.3 Å². The van der Waals surface area contributed by atoms with Gasteiger partial charge in [0.15, 0.2) is 6.10 Å². The first-order chi connectivity index (χ1) is 10.3. The SMILES string of the molecule is COC1C(=O)n2c3ccccc3c3ccnc(c32)C1OC. The van der Waals surface area contributed by atoms with Crippen LogP contribution >= 0.6 is 0 Å². The molecule has 3 aromatic rings. The minimum Gasteiger partial charge on any atom is -0.372 e. The summed E-state index contributed by atoms with van der Waals surface area (Å²) in [6.07, 6.45) is 0.586. The van der Waals surface area contributed by atoms with E-state index in [-0.39, 0.29) is 5.91 Å². The minimum absolute atomic E-state index is 0.115. The number of nitrogens with zero attached hydrogens (tertiary/aromatic N) is 2. The average molecular weight is 282 g/mol. The zero-order chi connectivity index (χ0) is 14.6. The summed E-state index contributed by atoms with van der Waals surface area (Å²) in [6, 6.07) is 9.79. The topological polar surface area (TPSA) is 53.4 Å². The molecule has 0 aliphatic carbocycles. The summed E-state index contributed by atoms with van der Waals surface area (Å²) < 4.78 is 12.6. The summed E-state index contributed by atoms with van der Waals surface area (Å²) in [4.78, 5) is 17.2. The summed E-state index contributed by atoms with van der Waals surface area (Å²) in [5.41, 5.74) is 2.45. The average Bonchev–Trinajstić information content (AvgIpc) is 2.86. The standard InChI is InChI=1S/C16H14N2O3/c1-20-14-12-13-10(7-8-17-12)9-5-3-4-6-11(9)18(13)16(19)15(14)21-2/h3-8,14-15H,1-2H3. The largest absolute Gasteiger partial charge is 0.372 e. The van der Waals surface area contributed by atoms with Crippen LogP contribution in [0.2, 0.25) is 0 Å². The molecule has 0 saturated heterocycles. The fourth-order valence-electron chi connectivity index (χ4n) is 3.24. The van der Waals surface area contributed by atoms with E-state index in [4.69, 9.17) is 9.47 Å². The fourth-order valence-corrected chi connectivity index (χ4v) is 3.24. The molecular weight excluding hydrogens is 268 g/mol. The first-order valence-electron chi connectivity index (χ1n) is 6.75. The van der Waals surface area contributed by atoms with Crippen LogP contribution in [-0.2, 0) is 9.47 Å². The highest BCUT2D eigenvalue weighted by molar-refractivity contribution is 6.15. The third-order valence-corrected chi connectivity index (χ3v) is 4.13. The number of hydrogen-bond donors (Lipinski definition) is 0. The lowest BCUT2D eigenvalue weighted by Crippen LogP contribution is -2.39. The van der Waals surface area contributed by atoms with Crippen LogP contribution < -0.4 is 0 Å². The smallest absolute Gasteiger partial charge is 0.263 e. The van der Waals surface area contributed by atoms with Crippen molar-refractivity contribution in [3.05, 3.63) is 42.2 Å². The minimum atomic E-state index is -0.684. The molecule has 2 unspecified atom stereocenters. The van der Waals surface area contributed by atoms with Crippen molar-refractivity contribution in [3.63, 3.8) is 0 Å². The first-order valence-corrected chi connectivity index (χ1v) is 6.75. The van der Waals surface area contributed by atoms with Crippen LogP contribution in [0.25, 0.3) is 21.8 Å². The highest BCUT2D eigenvalue weighted by Gasteiger charge is 2.40. The Morgan fingerprint density at radius 3 is 2.57 bits per heavy atom. The number of benzene rings is 1. The Labute approximate surface area is 121 Å². The molecule has 1 aliphatic heterocycles. The number of hydrogen-bond acceptors (Lipinski definition) is 4. The van der Waals surface area contributed by atoms with Gasteiger partial charge in [-0.15, -0.1) is 0 Å². The number of fused-ring (bicyclic) bond motifs is 3. The number of pyridine rings is 1. The lowest BCUT2D eigenvalue weighted by Gasteiger charge is -2.29. The summed E-state index contributed by atoms with van der Waals surface area (Å²) >= 11 is 0. The van der Waals surface area contributed by atoms with Crippen molar-refractivity contribution in [2.24, 2.45) is 0 Å². The van der Waals surface area contributed by atoms with Crippen LogP contribution in [0, 0.1) is 0 Å². The number of rotatable bonds is 2. The molecule has 1 aliphatic rings. The van der Waals surface area contributed by atoms with Gasteiger partial charge in [-0.25, -0.2) is 0 Å². The summed E-state index contributed by atoms with van der Waals surface area (Å²) in [5, 5.41) is 2.05. The number of carbonyl (C=O) groups excluding carboxylic acids is 1. The number of methoxy groups -OCH3 is 2. The summed E-state index contributed by atoms with van der Waals surface area (Å²) in [7, 11) is 3.09. The fraction of sp³-hybridized carbons (Fsp3) is 0.250. The molecule has 3 heterocycles.